The van der Waals surface area contributed by atoms with Crippen LogP contribution in [-0.4, -0.2) is 0 Å². The third-order valence-corrected chi connectivity index (χ3v) is 14.2. The second kappa shape index (κ2) is 15.2. The van der Waals surface area contributed by atoms with Crippen LogP contribution in [0, 0.1) is 0 Å². The Labute approximate surface area is 278 Å². The predicted molar refractivity (Wildman–Crippen MR) is 204 cm³/mol. The fourth-order valence-electron chi connectivity index (χ4n) is 6.82. The first kappa shape index (κ1) is 30.8. The van der Waals surface area contributed by atoms with Gasteiger partial charge in [-0.2, -0.15) is 0 Å². The van der Waals surface area contributed by atoms with E-state index < -0.39 is 15.8 Å². The number of aryl methyl sites for hydroxylation is 4. The third-order valence-electron chi connectivity index (χ3n) is 9.16. The Bertz CT molecular complexity index is 1610. The molecule has 46 heavy (non-hydrogen) atoms. The molecule has 0 heterocycles. The van der Waals surface area contributed by atoms with Gasteiger partial charge in [0.15, 0.2) is 0 Å². The van der Waals surface area contributed by atoms with Gasteiger partial charge in [0.25, 0.3) is 0 Å². The SMILES string of the molecule is c1ccc(P(c2ccccc2)c2cc3ccc2CCCCc2ccc(c(P(c4ccccc4)c4ccccc4)c2)CCCC3)cc1. The molecule has 6 aromatic carbocycles. The van der Waals surface area contributed by atoms with Gasteiger partial charge in [-0.3, -0.25) is 0 Å². The van der Waals surface area contributed by atoms with Crippen molar-refractivity contribution in [2.45, 2.75) is 51.4 Å². The largest absolute Gasteiger partial charge is 0.0622 e. The maximum Gasteiger partial charge on any atom is -0.0116 e. The van der Waals surface area contributed by atoms with Crippen LogP contribution in [-0.2, 0) is 25.7 Å². The Kier molecular flexibility index (Phi) is 10.2. The highest BCUT2D eigenvalue weighted by Crippen LogP contribution is 2.37. The smallest absolute Gasteiger partial charge is 0.0116 e. The summed E-state index contributed by atoms with van der Waals surface area (Å²) in [6, 6.07) is 59.8. The fraction of sp³-hybridized carbons (Fsp3) is 0.182. The highest BCUT2D eigenvalue weighted by Gasteiger charge is 2.22. The Morgan fingerprint density at radius 1 is 0.304 bits per heavy atom. The van der Waals surface area contributed by atoms with E-state index in [0.717, 1.165) is 25.7 Å². The van der Waals surface area contributed by atoms with Crippen molar-refractivity contribution >= 4 is 47.7 Å². The minimum absolute atomic E-state index is 0.608. The van der Waals surface area contributed by atoms with E-state index in [4.69, 9.17) is 0 Å². The zero-order valence-electron chi connectivity index (χ0n) is 26.6. The fourth-order valence-corrected chi connectivity index (χ4v) is 11.9. The van der Waals surface area contributed by atoms with Gasteiger partial charge in [0, 0.05) is 0 Å². The Morgan fingerprint density at radius 2 is 0.609 bits per heavy atom. The summed E-state index contributed by atoms with van der Waals surface area (Å²) in [5.41, 5.74) is 6.03. The van der Waals surface area contributed by atoms with Crippen LogP contribution in [0.2, 0.25) is 0 Å². The van der Waals surface area contributed by atoms with E-state index in [1.165, 1.54) is 69.2 Å². The van der Waals surface area contributed by atoms with Gasteiger partial charge in [-0.05, 0) is 121 Å². The van der Waals surface area contributed by atoms with E-state index in [-0.39, 0.29) is 0 Å². The molecule has 6 aromatic rings. The molecule has 0 nitrogen and oxygen atoms in total. The summed E-state index contributed by atoms with van der Waals surface area (Å²) >= 11 is 0. The lowest BCUT2D eigenvalue weighted by Gasteiger charge is -2.24. The minimum atomic E-state index is -0.608. The molecular weight excluding hydrogens is 590 g/mol. The summed E-state index contributed by atoms with van der Waals surface area (Å²) in [4.78, 5) is 0. The van der Waals surface area contributed by atoms with Gasteiger partial charge < -0.3 is 0 Å². The van der Waals surface area contributed by atoms with Gasteiger partial charge in [0.05, 0.1) is 0 Å². The van der Waals surface area contributed by atoms with Gasteiger partial charge >= 0.3 is 0 Å². The first-order valence-electron chi connectivity index (χ1n) is 16.9. The molecule has 0 unspecified atom stereocenters. The maximum absolute atomic E-state index is 2.58. The average Bonchev–Trinajstić information content (AvgIpc) is 3.11. The molecule has 0 amide bonds. The van der Waals surface area contributed by atoms with Gasteiger partial charge in [-0.25, -0.2) is 0 Å². The molecular formula is C44H42P2. The molecule has 0 atom stereocenters. The summed E-state index contributed by atoms with van der Waals surface area (Å²) in [6.07, 6.45) is 9.29. The van der Waals surface area contributed by atoms with Crippen LogP contribution in [0.4, 0.5) is 0 Å². The van der Waals surface area contributed by atoms with Crippen molar-refractivity contribution in [1.29, 1.82) is 0 Å². The van der Waals surface area contributed by atoms with Crippen molar-refractivity contribution in [3.63, 3.8) is 0 Å². The lowest BCUT2D eigenvalue weighted by atomic mass is 9.98. The van der Waals surface area contributed by atoms with Crippen molar-refractivity contribution in [2.24, 2.45) is 0 Å². The summed E-state index contributed by atoms with van der Waals surface area (Å²) < 4.78 is 0. The second-order valence-electron chi connectivity index (χ2n) is 12.4. The highest BCUT2D eigenvalue weighted by molar-refractivity contribution is 7.80. The van der Waals surface area contributed by atoms with Gasteiger partial charge in [-0.15, -0.1) is 0 Å². The number of rotatable bonds is 6. The summed E-state index contributed by atoms with van der Waals surface area (Å²) in [5.74, 6) is 0. The number of hydrogen-bond acceptors (Lipinski definition) is 0. The minimum Gasteiger partial charge on any atom is -0.0622 e. The molecule has 228 valence electrons. The van der Waals surface area contributed by atoms with E-state index >= 15 is 0 Å². The van der Waals surface area contributed by atoms with Crippen molar-refractivity contribution in [2.75, 3.05) is 0 Å². The predicted octanol–water partition coefficient (Wildman–Crippen LogP) is 8.65. The van der Waals surface area contributed by atoms with Crippen molar-refractivity contribution in [1.82, 2.24) is 0 Å². The van der Waals surface area contributed by atoms with Crippen LogP contribution in [0.25, 0.3) is 0 Å². The zero-order chi connectivity index (χ0) is 31.0. The molecule has 0 fully saturated rings. The normalized spacial score (nSPS) is 13.8. The monoisotopic (exact) mass is 632 g/mol. The summed E-state index contributed by atoms with van der Waals surface area (Å²) in [7, 11) is -1.22. The molecule has 10 rings (SSSR count). The van der Waals surface area contributed by atoms with E-state index in [9.17, 15) is 0 Å². The molecule has 4 bridgehead atoms. The molecule has 0 N–H and O–H groups in total. The molecule has 0 saturated heterocycles. The van der Waals surface area contributed by atoms with Gasteiger partial charge in [0.1, 0.15) is 0 Å². The highest BCUT2D eigenvalue weighted by atomic mass is 31.1. The van der Waals surface area contributed by atoms with E-state index in [0.29, 0.717) is 0 Å². The molecule has 0 saturated carbocycles. The summed E-state index contributed by atoms with van der Waals surface area (Å²) in [5, 5.41) is 8.88. The summed E-state index contributed by atoms with van der Waals surface area (Å²) in [6.45, 7) is 0. The molecule has 2 heteroatoms. The van der Waals surface area contributed by atoms with Crippen LogP contribution < -0.4 is 31.8 Å². The number of benzene rings is 6. The van der Waals surface area contributed by atoms with Crippen molar-refractivity contribution < 1.29 is 0 Å². The lowest BCUT2D eigenvalue weighted by Crippen LogP contribution is -2.24. The topological polar surface area (TPSA) is 0 Å². The van der Waals surface area contributed by atoms with Crippen LogP contribution in [0.5, 0.6) is 0 Å². The Morgan fingerprint density at radius 3 is 0.935 bits per heavy atom. The first-order valence-corrected chi connectivity index (χ1v) is 19.6. The van der Waals surface area contributed by atoms with Crippen LogP contribution >= 0.6 is 15.8 Å². The van der Waals surface area contributed by atoms with Crippen molar-refractivity contribution in [3.05, 3.63) is 180 Å². The Hall–Kier alpha value is -3.82. The van der Waals surface area contributed by atoms with Crippen molar-refractivity contribution in [3.8, 4) is 0 Å². The zero-order valence-corrected chi connectivity index (χ0v) is 28.4. The van der Waals surface area contributed by atoms with E-state index in [2.05, 4.69) is 158 Å². The third kappa shape index (κ3) is 7.26. The maximum atomic E-state index is 2.58. The van der Waals surface area contributed by atoms with E-state index in [1.54, 1.807) is 10.6 Å². The van der Waals surface area contributed by atoms with Crippen LogP contribution in [0.1, 0.15) is 47.9 Å². The van der Waals surface area contributed by atoms with Gasteiger partial charge in [-0.1, -0.05) is 158 Å². The standard InChI is InChI=1S/C44H42P2/c1-5-21-39(22-6-1)45(40-23-7-2-8-24-40)43-33-35-17-14-16-20-38-32-30-36(18-13-15-19-37(43)31-29-35)34-44(38)46(41-25-9-3-10-26-41)42-27-11-4-12-28-42/h1-12,21-34H,13-20H2. The molecule has 0 spiro atoms. The van der Waals surface area contributed by atoms with E-state index in [1.807, 2.05) is 0 Å². The first-order chi connectivity index (χ1) is 22.8. The van der Waals surface area contributed by atoms with Crippen LogP contribution in [0.3, 0.4) is 0 Å². The molecule has 4 aliphatic rings. The quantitative estimate of drug-likeness (QED) is 0.161. The number of hydrogen-bond donors (Lipinski definition) is 0. The molecule has 0 aliphatic heterocycles. The lowest BCUT2D eigenvalue weighted by molar-refractivity contribution is 0.726. The average molecular weight is 633 g/mol. The van der Waals surface area contributed by atoms with Gasteiger partial charge in [0.2, 0.25) is 0 Å². The van der Waals surface area contributed by atoms with Crippen LogP contribution in [0.15, 0.2) is 158 Å². The molecule has 0 radical (unpaired) electrons. The molecule has 0 aromatic heterocycles. The second-order valence-corrected chi connectivity index (χ2v) is 16.7. The Balaban J connectivity index is 1.22. The molecule has 4 aliphatic carbocycles.